The minimum atomic E-state index is -0.219. The SMILES string of the molecule is Cc1ccc(-c2cccnc2)cc1NC(=O)NC[C@@H]1C[C@H](c2ccccc2)CO1. The van der Waals surface area contributed by atoms with Crippen LogP contribution in [-0.4, -0.2) is 30.3 Å². The van der Waals surface area contributed by atoms with Gasteiger partial charge in [0.1, 0.15) is 0 Å². The average Bonchev–Trinajstić information content (AvgIpc) is 3.24. The van der Waals surface area contributed by atoms with Crippen molar-refractivity contribution in [1.29, 1.82) is 0 Å². The second kappa shape index (κ2) is 8.88. The number of carbonyl (C=O) groups excluding carboxylic acids is 1. The molecule has 2 N–H and O–H groups in total. The summed E-state index contributed by atoms with van der Waals surface area (Å²) in [6.07, 6.45) is 4.51. The topological polar surface area (TPSA) is 63.2 Å². The summed E-state index contributed by atoms with van der Waals surface area (Å²) in [4.78, 5) is 16.6. The largest absolute Gasteiger partial charge is 0.376 e. The first-order valence-corrected chi connectivity index (χ1v) is 9.91. The van der Waals surface area contributed by atoms with Gasteiger partial charge in [0.05, 0.1) is 12.7 Å². The van der Waals surface area contributed by atoms with E-state index in [4.69, 9.17) is 4.74 Å². The molecule has 3 aromatic rings. The fourth-order valence-corrected chi connectivity index (χ4v) is 3.65. The minimum absolute atomic E-state index is 0.0359. The van der Waals surface area contributed by atoms with Crippen molar-refractivity contribution in [1.82, 2.24) is 10.3 Å². The minimum Gasteiger partial charge on any atom is -0.376 e. The number of nitrogens with zero attached hydrogens (tertiary/aromatic N) is 1. The molecule has 5 heteroatoms. The lowest BCUT2D eigenvalue weighted by atomic mass is 9.96. The van der Waals surface area contributed by atoms with Crippen molar-refractivity contribution in [3.05, 3.63) is 84.2 Å². The van der Waals surface area contributed by atoms with Gasteiger partial charge in [-0.1, -0.05) is 48.5 Å². The third kappa shape index (κ3) is 4.81. The van der Waals surface area contributed by atoms with Gasteiger partial charge in [0.2, 0.25) is 0 Å². The Bertz CT molecular complexity index is 960. The molecule has 29 heavy (non-hydrogen) atoms. The molecule has 0 bridgehead atoms. The molecular formula is C24H25N3O2. The van der Waals surface area contributed by atoms with Gasteiger partial charge in [0, 0.05) is 36.1 Å². The van der Waals surface area contributed by atoms with Crippen LogP contribution in [0.15, 0.2) is 73.1 Å². The van der Waals surface area contributed by atoms with E-state index in [-0.39, 0.29) is 12.1 Å². The van der Waals surface area contributed by atoms with Crippen molar-refractivity contribution in [2.24, 2.45) is 0 Å². The van der Waals surface area contributed by atoms with Gasteiger partial charge < -0.3 is 15.4 Å². The normalized spacial score (nSPS) is 18.4. The van der Waals surface area contributed by atoms with Crippen LogP contribution in [0.5, 0.6) is 0 Å². The fraction of sp³-hybridized carbons (Fsp3) is 0.250. The van der Waals surface area contributed by atoms with E-state index in [0.717, 1.165) is 28.8 Å². The third-order valence-corrected chi connectivity index (χ3v) is 5.32. The van der Waals surface area contributed by atoms with E-state index in [1.54, 1.807) is 6.20 Å². The van der Waals surface area contributed by atoms with Crippen molar-refractivity contribution in [3.8, 4) is 11.1 Å². The number of pyridine rings is 1. The summed E-state index contributed by atoms with van der Waals surface area (Å²) in [7, 11) is 0. The summed E-state index contributed by atoms with van der Waals surface area (Å²) in [5.41, 5.74) is 5.13. The molecule has 1 saturated heterocycles. The van der Waals surface area contributed by atoms with Gasteiger partial charge in [-0.15, -0.1) is 0 Å². The van der Waals surface area contributed by atoms with Crippen LogP contribution >= 0.6 is 0 Å². The maximum Gasteiger partial charge on any atom is 0.319 e. The molecule has 1 aromatic heterocycles. The van der Waals surface area contributed by atoms with Crippen LogP contribution in [0.4, 0.5) is 10.5 Å². The molecule has 0 aliphatic carbocycles. The Morgan fingerprint density at radius 1 is 1.10 bits per heavy atom. The molecule has 148 valence electrons. The first kappa shape index (κ1) is 19.2. The zero-order valence-corrected chi connectivity index (χ0v) is 16.5. The summed E-state index contributed by atoms with van der Waals surface area (Å²) < 4.78 is 5.87. The third-order valence-electron chi connectivity index (χ3n) is 5.32. The van der Waals surface area contributed by atoms with Crippen LogP contribution in [0.1, 0.15) is 23.5 Å². The Morgan fingerprint density at radius 2 is 1.97 bits per heavy atom. The number of urea groups is 1. The van der Waals surface area contributed by atoms with E-state index >= 15 is 0 Å². The standard InChI is InChI=1S/C24H25N3O2/c1-17-9-10-19(20-8-5-11-25-14-20)13-23(17)27-24(28)26-15-22-12-21(16-29-22)18-6-3-2-4-7-18/h2-11,13-14,21-22H,12,15-16H2,1H3,(H2,26,27,28)/t21-,22-/m0/s1. The molecule has 2 amide bonds. The van der Waals surface area contributed by atoms with E-state index in [1.807, 2.05) is 49.5 Å². The molecule has 1 fully saturated rings. The number of rotatable bonds is 5. The molecule has 0 radical (unpaired) electrons. The first-order chi connectivity index (χ1) is 14.2. The number of aromatic nitrogens is 1. The Morgan fingerprint density at radius 3 is 2.76 bits per heavy atom. The maximum atomic E-state index is 12.4. The number of benzene rings is 2. The average molecular weight is 387 g/mol. The molecule has 0 saturated carbocycles. The van der Waals surface area contributed by atoms with Gasteiger partial charge in [0.25, 0.3) is 0 Å². The highest BCUT2D eigenvalue weighted by Crippen LogP contribution is 2.29. The predicted molar refractivity (Wildman–Crippen MR) is 115 cm³/mol. The van der Waals surface area contributed by atoms with E-state index in [0.29, 0.717) is 19.1 Å². The van der Waals surface area contributed by atoms with Crippen LogP contribution in [-0.2, 0) is 4.74 Å². The number of aryl methyl sites for hydroxylation is 1. The Labute approximate surface area is 171 Å². The van der Waals surface area contributed by atoms with Gasteiger partial charge in [-0.05, 0) is 42.2 Å². The second-order valence-electron chi connectivity index (χ2n) is 7.41. The van der Waals surface area contributed by atoms with Gasteiger partial charge in [0.15, 0.2) is 0 Å². The van der Waals surface area contributed by atoms with Crippen LogP contribution in [0.3, 0.4) is 0 Å². The highest BCUT2D eigenvalue weighted by atomic mass is 16.5. The molecule has 1 aliphatic rings. The molecule has 2 atom stereocenters. The smallest absolute Gasteiger partial charge is 0.319 e. The summed E-state index contributed by atoms with van der Waals surface area (Å²) in [5, 5.41) is 5.91. The number of hydrogen-bond acceptors (Lipinski definition) is 3. The first-order valence-electron chi connectivity index (χ1n) is 9.91. The molecule has 1 aliphatic heterocycles. The Hall–Kier alpha value is -3.18. The van der Waals surface area contributed by atoms with E-state index < -0.39 is 0 Å². The number of hydrogen-bond donors (Lipinski definition) is 2. The van der Waals surface area contributed by atoms with E-state index in [9.17, 15) is 4.79 Å². The summed E-state index contributed by atoms with van der Waals surface area (Å²) in [6, 6.07) is 20.1. The zero-order valence-electron chi connectivity index (χ0n) is 16.5. The van der Waals surface area contributed by atoms with Crippen molar-refractivity contribution in [2.75, 3.05) is 18.5 Å². The monoisotopic (exact) mass is 387 g/mol. The fourth-order valence-electron chi connectivity index (χ4n) is 3.65. The van der Waals surface area contributed by atoms with Crippen LogP contribution < -0.4 is 10.6 Å². The van der Waals surface area contributed by atoms with Gasteiger partial charge >= 0.3 is 6.03 Å². The number of anilines is 1. The Kier molecular flexibility index (Phi) is 5.86. The van der Waals surface area contributed by atoms with Gasteiger partial charge in [-0.25, -0.2) is 4.79 Å². The van der Waals surface area contributed by atoms with E-state index in [1.165, 1.54) is 5.56 Å². The molecule has 0 unspecified atom stereocenters. The van der Waals surface area contributed by atoms with Gasteiger partial charge in [-0.3, -0.25) is 4.98 Å². The maximum absolute atomic E-state index is 12.4. The molecule has 4 rings (SSSR count). The lowest BCUT2D eigenvalue weighted by Gasteiger charge is -2.14. The quantitative estimate of drug-likeness (QED) is 0.664. The zero-order chi connectivity index (χ0) is 20.1. The lowest BCUT2D eigenvalue weighted by Crippen LogP contribution is -2.35. The summed E-state index contributed by atoms with van der Waals surface area (Å²) >= 11 is 0. The van der Waals surface area contributed by atoms with Crippen LogP contribution in [0.25, 0.3) is 11.1 Å². The van der Waals surface area contributed by atoms with Crippen molar-refractivity contribution < 1.29 is 9.53 Å². The van der Waals surface area contributed by atoms with Gasteiger partial charge in [-0.2, -0.15) is 0 Å². The molecular weight excluding hydrogens is 362 g/mol. The van der Waals surface area contributed by atoms with Crippen LogP contribution in [0.2, 0.25) is 0 Å². The molecule has 2 heterocycles. The number of ether oxygens (including phenoxy) is 1. The molecule has 0 spiro atoms. The molecule has 5 nitrogen and oxygen atoms in total. The lowest BCUT2D eigenvalue weighted by molar-refractivity contribution is 0.110. The number of nitrogens with one attached hydrogen (secondary N) is 2. The van der Waals surface area contributed by atoms with Crippen molar-refractivity contribution in [3.63, 3.8) is 0 Å². The van der Waals surface area contributed by atoms with E-state index in [2.05, 4.69) is 39.9 Å². The van der Waals surface area contributed by atoms with Crippen molar-refractivity contribution >= 4 is 11.7 Å². The summed E-state index contributed by atoms with van der Waals surface area (Å²) in [6.45, 7) is 3.17. The number of amides is 2. The predicted octanol–water partition coefficient (Wildman–Crippen LogP) is 4.75. The highest BCUT2D eigenvalue weighted by molar-refractivity contribution is 5.91. The summed E-state index contributed by atoms with van der Waals surface area (Å²) in [5.74, 6) is 0.393. The van der Waals surface area contributed by atoms with Crippen LogP contribution in [0, 0.1) is 6.92 Å². The number of carbonyl (C=O) groups is 1. The Balaban J connectivity index is 1.32. The molecule has 2 aromatic carbocycles. The van der Waals surface area contributed by atoms with Crippen molar-refractivity contribution in [2.45, 2.75) is 25.4 Å². The highest BCUT2D eigenvalue weighted by Gasteiger charge is 2.26. The second-order valence-corrected chi connectivity index (χ2v) is 7.41.